The molecule has 20 heavy (non-hydrogen) atoms. The molecule has 0 aliphatic heterocycles. The van der Waals surface area contributed by atoms with Crippen LogP contribution in [-0.4, -0.2) is 15.2 Å². The third kappa shape index (κ3) is 2.47. The van der Waals surface area contributed by atoms with Crippen molar-refractivity contribution in [3.8, 4) is 0 Å². The van der Waals surface area contributed by atoms with E-state index in [4.69, 9.17) is 11.6 Å². The van der Waals surface area contributed by atoms with E-state index >= 15 is 0 Å². The van der Waals surface area contributed by atoms with Gasteiger partial charge in [-0.25, -0.2) is 9.97 Å². The average molecular weight is 309 g/mol. The van der Waals surface area contributed by atoms with E-state index in [1.165, 1.54) is 23.3 Å². The summed E-state index contributed by atoms with van der Waals surface area (Å²) in [6.07, 6.45) is 3.23. The molecule has 0 amide bonds. The first-order valence-corrected chi connectivity index (χ1v) is 8.03. The number of pyridine rings is 1. The number of carbonyl (C=O) groups is 1. The van der Waals surface area contributed by atoms with Crippen molar-refractivity contribution in [2.45, 2.75) is 40.0 Å². The van der Waals surface area contributed by atoms with Crippen LogP contribution in [0.25, 0.3) is 10.3 Å². The zero-order chi connectivity index (χ0) is 14.5. The molecule has 106 valence electrons. The Morgan fingerprint density at radius 1 is 1.40 bits per heavy atom. The summed E-state index contributed by atoms with van der Waals surface area (Å²) in [7, 11) is 0. The van der Waals surface area contributed by atoms with Crippen LogP contribution in [0.1, 0.15) is 48.3 Å². The lowest BCUT2D eigenvalue weighted by Gasteiger charge is -2.34. The lowest BCUT2D eigenvalue weighted by Crippen LogP contribution is -2.27. The largest absolute Gasteiger partial charge is 0.281 e. The molecule has 0 bridgehead atoms. The molecule has 3 nitrogen and oxygen atoms in total. The van der Waals surface area contributed by atoms with Crippen molar-refractivity contribution in [3.63, 3.8) is 0 Å². The van der Waals surface area contributed by atoms with Crippen LogP contribution >= 0.6 is 22.9 Å². The van der Waals surface area contributed by atoms with Gasteiger partial charge in [-0.1, -0.05) is 32.1 Å². The van der Waals surface area contributed by atoms with E-state index in [0.717, 1.165) is 28.9 Å². The number of aryl methyl sites for hydroxylation is 1. The molecule has 2 aromatic heterocycles. The normalized spacial score (nSPS) is 19.1. The third-order valence-corrected chi connectivity index (χ3v) is 5.40. The smallest absolute Gasteiger partial charge is 0.273 e. The first-order chi connectivity index (χ1) is 9.34. The Balaban J connectivity index is 2.02. The highest BCUT2D eigenvalue weighted by atomic mass is 35.5. The highest BCUT2D eigenvalue weighted by Crippen LogP contribution is 2.38. The van der Waals surface area contributed by atoms with Gasteiger partial charge in [-0.3, -0.25) is 4.79 Å². The minimum absolute atomic E-state index is 0.311. The highest BCUT2D eigenvalue weighted by Gasteiger charge is 2.29. The third-order valence-electron chi connectivity index (χ3n) is 4.14. The van der Waals surface area contributed by atoms with Gasteiger partial charge in [0.2, 0.25) is 0 Å². The Bertz CT molecular complexity index is 687. The van der Waals surface area contributed by atoms with Crippen LogP contribution < -0.4 is 0 Å². The molecule has 3 rings (SSSR count). The van der Waals surface area contributed by atoms with Crippen LogP contribution in [0.15, 0.2) is 6.07 Å². The van der Waals surface area contributed by atoms with E-state index in [2.05, 4.69) is 36.8 Å². The summed E-state index contributed by atoms with van der Waals surface area (Å²) < 4.78 is 0. The zero-order valence-corrected chi connectivity index (χ0v) is 13.4. The topological polar surface area (TPSA) is 42.9 Å². The molecular weight excluding hydrogens is 292 g/mol. The van der Waals surface area contributed by atoms with E-state index in [-0.39, 0.29) is 0 Å². The number of nitrogens with zero attached hydrogens (tertiary/aromatic N) is 2. The average Bonchev–Trinajstić information content (AvgIpc) is 2.77. The van der Waals surface area contributed by atoms with Gasteiger partial charge in [0.05, 0.1) is 0 Å². The monoisotopic (exact) mass is 308 g/mol. The molecular formula is C15H17ClN2OS. The zero-order valence-electron chi connectivity index (χ0n) is 11.9. The number of aromatic nitrogens is 2. The number of hydrogen-bond donors (Lipinski definition) is 0. The number of thiazole rings is 1. The summed E-state index contributed by atoms with van der Waals surface area (Å²) in [5.41, 5.74) is 3.55. The predicted octanol–water partition coefficient (Wildman–Crippen LogP) is 4.22. The first-order valence-electron chi connectivity index (χ1n) is 6.84. The lowest BCUT2D eigenvalue weighted by molar-refractivity contribution is 0.108. The quantitative estimate of drug-likeness (QED) is 0.741. The fraction of sp³-hybridized carbons (Fsp3) is 0.533. The molecule has 2 heterocycles. The molecule has 0 N–H and O–H groups in total. The second kappa shape index (κ2) is 4.78. The van der Waals surface area contributed by atoms with E-state index in [1.807, 2.05) is 0 Å². The van der Waals surface area contributed by atoms with Gasteiger partial charge in [-0.2, -0.15) is 0 Å². The Hall–Kier alpha value is -1.00. The maximum Gasteiger partial charge on any atom is 0.281 e. The van der Waals surface area contributed by atoms with Crippen LogP contribution in [0.5, 0.6) is 0 Å². The number of halogens is 1. The van der Waals surface area contributed by atoms with Gasteiger partial charge in [0.25, 0.3) is 5.24 Å². The number of fused-ring (bicyclic) bond motifs is 2. The summed E-state index contributed by atoms with van der Waals surface area (Å²) >= 11 is 6.78. The lowest BCUT2D eigenvalue weighted by atomic mass is 9.71. The van der Waals surface area contributed by atoms with Gasteiger partial charge in [0.1, 0.15) is 10.3 Å². The van der Waals surface area contributed by atoms with Gasteiger partial charge in [0, 0.05) is 5.69 Å². The van der Waals surface area contributed by atoms with Crippen molar-refractivity contribution in [2.24, 2.45) is 11.3 Å². The molecule has 1 aliphatic rings. The van der Waals surface area contributed by atoms with Crippen molar-refractivity contribution in [1.29, 1.82) is 0 Å². The summed E-state index contributed by atoms with van der Waals surface area (Å²) in [6.45, 7) is 6.88. The molecule has 0 saturated heterocycles. The van der Waals surface area contributed by atoms with Crippen molar-refractivity contribution in [3.05, 3.63) is 22.3 Å². The number of hydrogen-bond acceptors (Lipinski definition) is 4. The van der Waals surface area contributed by atoms with Crippen LogP contribution in [0.2, 0.25) is 0 Å². The van der Waals surface area contributed by atoms with E-state index < -0.39 is 5.24 Å². The summed E-state index contributed by atoms with van der Waals surface area (Å²) in [5, 5.41) is -0.164. The standard InChI is InChI=1S/C15H17ClN2OS/c1-15(2,3)9-4-5-10-8(6-9)7-11-13(17-10)20-14(18-11)12(16)19/h7,9H,4-6H2,1-3H3. The molecule has 1 atom stereocenters. The predicted molar refractivity (Wildman–Crippen MR) is 82.6 cm³/mol. The van der Waals surface area contributed by atoms with Crippen molar-refractivity contribution >= 4 is 38.5 Å². The molecule has 0 spiro atoms. The van der Waals surface area contributed by atoms with Crippen molar-refractivity contribution in [1.82, 2.24) is 9.97 Å². The molecule has 2 aromatic rings. The van der Waals surface area contributed by atoms with Gasteiger partial charge >= 0.3 is 0 Å². The minimum atomic E-state index is -0.501. The summed E-state index contributed by atoms with van der Waals surface area (Å²) in [5.74, 6) is 0.669. The second-order valence-electron chi connectivity index (χ2n) is 6.52. The van der Waals surface area contributed by atoms with Crippen LogP contribution in [0.3, 0.4) is 0 Å². The Morgan fingerprint density at radius 2 is 2.15 bits per heavy atom. The molecule has 0 fully saturated rings. The number of rotatable bonds is 1. The fourth-order valence-corrected chi connectivity index (χ4v) is 3.77. The molecule has 5 heteroatoms. The Labute approximate surface area is 127 Å². The molecule has 1 unspecified atom stereocenters. The van der Waals surface area contributed by atoms with Gasteiger partial charge < -0.3 is 0 Å². The van der Waals surface area contributed by atoms with Gasteiger partial charge in [-0.05, 0) is 53.8 Å². The van der Waals surface area contributed by atoms with E-state index in [9.17, 15) is 4.79 Å². The second-order valence-corrected chi connectivity index (χ2v) is 7.84. The van der Waals surface area contributed by atoms with Crippen LogP contribution in [0.4, 0.5) is 0 Å². The molecule has 1 aliphatic carbocycles. The van der Waals surface area contributed by atoms with E-state index in [0.29, 0.717) is 16.3 Å². The minimum Gasteiger partial charge on any atom is -0.273 e. The highest BCUT2D eigenvalue weighted by molar-refractivity contribution is 7.21. The summed E-state index contributed by atoms with van der Waals surface area (Å²) in [6, 6.07) is 2.09. The van der Waals surface area contributed by atoms with Crippen molar-refractivity contribution in [2.75, 3.05) is 0 Å². The van der Waals surface area contributed by atoms with Gasteiger partial charge in [-0.15, -0.1) is 0 Å². The SMILES string of the molecule is CC(C)(C)C1CCc2nc3sc(C(=O)Cl)nc3cc2C1. The van der Waals surface area contributed by atoms with Crippen LogP contribution in [0, 0.1) is 11.3 Å². The molecule has 0 aromatic carbocycles. The van der Waals surface area contributed by atoms with Crippen LogP contribution in [-0.2, 0) is 12.8 Å². The summed E-state index contributed by atoms with van der Waals surface area (Å²) in [4.78, 5) is 21.0. The molecule has 0 radical (unpaired) electrons. The first kappa shape index (κ1) is 14.0. The number of carbonyl (C=O) groups excluding carboxylic acids is 1. The molecule has 0 saturated carbocycles. The van der Waals surface area contributed by atoms with Gasteiger partial charge in [0.15, 0.2) is 5.01 Å². The van der Waals surface area contributed by atoms with E-state index in [1.54, 1.807) is 0 Å². The maximum absolute atomic E-state index is 11.2. The van der Waals surface area contributed by atoms with Crippen molar-refractivity contribution < 1.29 is 4.79 Å². The Kier molecular flexibility index (Phi) is 3.33. The maximum atomic E-state index is 11.2. The fourth-order valence-electron chi connectivity index (χ4n) is 2.84. The Morgan fingerprint density at radius 3 is 2.80 bits per heavy atom.